The topological polar surface area (TPSA) is 6.48 Å². The first-order valence-corrected chi connectivity index (χ1v) is 17.7. The lowest BCUT2D eigenvalue weighted by molar-refractivity contribution is 0.660. The van der Waals surface area contributed by atoms with Crippen LogP contribution < -0.4 is 9.80 Å². The highest BCUT2D eigenvalue weighted by Crippen LogP contribution is 2.52. The molecule has 2 heteroatoms. The fraction of sp³-hybridized carbons (Fsp3) is 0.125. The number of hydrogen-bond acceptors (Lipinski definition) is 2. The third-order valence-electron chi connectivity index (χ3n) is 10.8. The lowest BCUT2D eigenvalue weighted by Gasteiger charge is -2.33. The smallest absolute Gasteiger partial charge is 0.0540 e. The first kappa shape index (κ1) is 30.2. The molecule has 0 amide bonds. The average Bonchev–Trinajstić information content (AvgIpc) is 3.37. The SMILES string of the molecule is Cc1cccc(N(C2=CC=C3C=CC=CC3C2)c2ccc3c(c2)C(C)(C)c2cc(N(c4ccccc4)c4cccc5ccccc45)ccc2-3)c1. The van der Waals surface area contributed by atoms with Crippen LogP contribution in [0.5, 0.6) is 0 Å². The van der Waals surface area contributed by atoms with Crippen LogP contribution in [0.2, 0.25) is 0 Å². The molecule has 0 saturated carbocycles. The van der Waals surface area contributed by atoms with Crippen LogP contribution in [-0.2, 0) is 5.41 Å². The Morgan fingerprint density at radius 3 is 2.02 bits per heavy atom. The van der Waals surface area contributed by atoms with Crippen molar-refractivity contribution in [2.45, 2.75) is 32.6 Å². The number of para-hydroxylation sites is 1. The monoisotopic (exact) mass is 644 g/mol. The van der Waals surface area contributed by atoms with Crippen molar-refractivity contribution in [2.75, 3.05) is 9.80 Å². The molecule has 0 aromatic heterocycles. The normalized spacial score (nSPS) is 16.7. The molecule has 6 aromatic carbocycles. The van der Waals surface area contributed by atoms with Crippen molar-refractivity contribution in [1.82, 2.24) is 0 Å². The zero-order chi connectivity index (χ0) is 33.8. The molecule has 3 aliphatic rings. The van der Waals surface area contributed by atoms with E-state index in [2.05, 4.69) is 200 Å². The van der Waals surface area contributed by atoms with Crippen molar-refractivity contribution in [1.29, 1.82) is 0 Å². The maximum atomic E-state index is 2.48. The lowest BCUT2D eigenvalue weighted by Crippen LogP contribution is -2.22. The van der Waals surface area contributed by atoms with E-state index in [1.165, 1.54) is 72.6 Å². The Kier molecular flexibility index (Phi) is 7.21. The molecule has 50 heavy (non-hydrogen) atoms. The van der Waals surface area contributed by atoms with Crippen LogP contribution in [0.25, 0.3) is 21.9 Å². The molecule has 242 valence electrons. The van der Waals surface area contributed by atoms with Crippen LogP contribution in [0.15, 0.2) is 181 Å². The van der Waals surface area contributed by atoms with E-state index >= 15 is 0 Å². The van der Waals surface area contributed by atoms with Crippen molar-refractivity contribution in [2.24, 2.45) is 5.92 Å². The number of anilines is 5. The van der Waals surface area contributed by atoms with Crippen molar-refractivity contribution < 1.29 is 0 Å². The predicted molar refractivity (Wildman–Crippen MR) is 212 cm³/mol. The Morgan fingerprint density at radius 2 is 1.24 bits per heavy atom. The van der Waals surface area contributed by atoms with Crippen molar-refractivity contribution in [3.63, 3.8) is 0 Å². The van der Waals surface area contributed by atoms with Gasteiger partial charge in [0.2, 0.25) is 0 Å². The van der Waals surface area contributed by atoms with Gasteiger partial charge in [-0.15, -0.1) is 0 Å². The van der Waals surface area contributed by atoms with Gasteiger partial charge in [0.15, 0.2) is 0 Å². The number of nitrogens with zero attached hydrogens (tertiary/aromatic N) is 2. The molecule has 1 atom stereocenters. The van der Waals surface area contributed by atoms with Crippen LogP contribution in [0.1, 0.15) is 37.0 Å². The molecule has 0 N–H and O–H groups in total. The lowest BCUT2D eigenvalue weighted by atomic mass is 9.82. The van der Waals surface area contributed by atoms with Gasteiger partial charge in [-0.1, -0.05) is 123 Å². The second kappa shape index (κ2) is 11.9. The van der Waals surface area contributed by atoms with Gasteiger partial charge < -0.3 is 9.80 Å². The Labute approximate surface area is 295 Å². The van der Waals surface area contributed by atoms with Crippen LogP contribution in [0.4, 0.5) is 28.4 Å². The Bertz CT molecular complexity index is 2400. The van der Waals surface area contributed by atoms with E-state index in [4.69, 9.17) is 0 Å². The molecule has 0 heterocycles. The van der Waals surface area contributed by atoms with Gasteiger partial charge in [-0.2, -0.15) is 0 Å². The van der Waals surface area contributed by atoms with E-state index in [1.807, 2.05) is 0 Å². The highest BCUT2D eigenvalue weighted by molar-refractivity contribution is 5.99. The molecule has 0 fully saturated rings. The van der Waals surface area contributed by atoms with Crippen LogP contribution in [-0.4, -0.2) is 0 Å². The van der Waals surface area contributed by atoms with Gasteiger partial charge in [-0.25, -0.2) is 0 Å². The van der Waals surface area contributed by atoms with E-state index in [-0.39, 0.29) is 5.41 Å². The quantitative estimate of drug-likeness (QED) is 0.178. The summed E-state index contributed by atoms with van der Waals surface area (Å²) in [7, 11) is 0. The number of aryl methyl sites for hydroxylation is 1. The van der Waals surface area contributed by atoms with E-state index in [0.717, 1.165) is 12.1 Å². The van der Waals surface area contributed by atoms with E-state index in [1.54, 1.807) is 0 Å². The summed E-state index contributed by atoms with van der Waals surface area (Å²) in [5.41, 5.74) is 15.0. The van der Waals surface area contributed by atoms with Crippen molar-refractivity contribution in [3.8, 4) is 11.1 Å². The number of fused-ring (bicyclic) bond motifs is 5. The maximum Gasteiger partial charge on any atom is 0.0540 e. The van der Waals surface area contributed by atoms with Crippen LogP contribution in [0.3, 0.4) is 0 Å². The summed E-state index contributed by atoms with van der Waals surface area (Å²) < 4.78 is 0. The van der Waals surface area contributed by atoms with Gasteiger partial charge in [0.25, 0.3) is 0 Å². The minimum atomic E-state index is -0.193. The zero-order valence-corrected chi connectivity index (χ0v) is 28.8. The summed E-state index contributed by atoms with van der Waals surface area (Å²) in [6.07, 6.45) is 14.5. The first-order chi connectivity index (χ1) is 24.5. The van der Waals surface area contributed by atoms with Crippen LogP contribution >= 0.6 is 0 Å². The number of rotatable bonds is 6. The summed E-state index contributed by atoms with van der Waals surface area (Å²) in [5.74, 6) is 0.398. The number of hydrogen-bond donors (Lipinski definition) is 0. The minimum absolute atomic E-state index is 0.193. The molecular weight excluding hydrogens is 605 g/mol. The number of benzene rings is 6. The van der Waals surface area contributed by atoms with E-state index < -0.39 is 0 Å². The summed E-state index contributed by atoms with van der Waals surface area (Å²) >= 11 is 0. The van der Waals surface area contributed by atoms with Crippen molar-refractivity contribution >= 4 is 39.2 Å². The summed E-state index contributed by atoms with van der Waals surface area (Å²) in [6, 6.07) is 49.2. The molecule has 0 radical (unpaired) electrons. The van der Waals surface area contributed by atoms with Gasteiger partial charge in [0.05, 0.1) is 5.69 Å². The van der Waals surface area contributed by atoms with Gasteiger partial charge in [0.1, 0.15) is 0 Å². The van der Waals surface area contributed by atoms with Crippen molar-refractivity contribution in [3.05, 3.63) is 198 Å². The van der Waals surface area contributed by atoms with Crippen LogP contribution in [0, 0.1) is 12.8 Å². The molecule has 6 aromatic rings. The maximum absolute atomic E-state index is 2.48. The first-order valence-electron chi connectivity index (χ1n) is 17.7. The van der Waals surface area contributed by atoms with Gasteiger partial charge >= 0.3 is 0 Å². The number of allylic oxidation sites excluding steroid dienone is 8. The molecule has 0 bridgehead atoms. The summed E-state index contributed by atoms with van der Waals surface area (Å²) in [5, 5.41) is 2.47. The zero-order valence-electron chi connectivity index (χ0n) is 28.8. The molecule has 2 nitrogen and oxygen atoms in total. The second-order valence-corrected chi connectivity index (χ2v) is 14.3. The standard InChI is InChI=1S/C48H40N2/c1-33-13-11-20-38(29-33)49(39-24-23-34-14-7-8-16-36(34)30-39)40-25-27-43-44-28-26-41(32-46(44)48(2,3)45(43)31-40)50(37-18-5-4-6-19-37)47-22-12-17-35-15-9-10-21-42(35)47/h4-29,31-32,36H,30H2,1-3H3. The fourth-order valence-electron chi connectivity index (χ4n) is 8.26. The molecule has 1 unspecified atom stereocenters. The third-order valence-corrected chi connectivity index (χ3v) is 10.8. The van der Waals surface area contributed by atoms with Gasteiger partial charge in [0, 0.05) is 45.2 Å². The molecule has 0 spiro atoms. The second-order valence-electron chi connectivity index (χ2n) is 14.3. The molecule has 0 aliphatic heterocycles. The molecule has 9 rings (SSSR count). The van der Waals surface area contributed by atoms with E-state index in [9.17, 15) is 0 Å². The largest absolute Gasteiger partial charge is 0.314 e. The molecular formula is C48H40N2. The summed E-state index contributed by atoms with van der Waals surface area (Å²) in [4.78, 5) is 4.90. The Morgan fingerprint density at radius 1 is 0.580 bits per heavy atom. The molecule has 0 saturated heterocycles. The van der Waals surface area contributed by atoms with E-state index in [0.29, 0.717) is 5.92 Å². The van der Waals surface area contributed by atoms with Gasteiger partial charge in [-0.05, 0) is 113 Å². The average molecular weight is 645 g/mol. The highest BCUT2D eigenvalue weighted by atomic mass is 15.2. The Balaban J connectivity index is 1.16. The predicted octanol–water partition coefficient (Wildman–Crippen LogP) is 13.0. The summed E-state index contributed by atoms with van der Waals surface area (Å²) in [6.45, 7) is 6.96. The molecule has 3 aliphatic carbocycles. The fourth-order valence-corrected chi connectivity index (χ4v) is 8.26. The highest BCUT2D eigenvalue weighted by Gasteiger charge is 2.37. The van der Waals surface area contributed by atoms with Gasteiger partial charge in [-0.3, -0.25) is 0 Å². The Hall–Kier alpha value is -5.86. The minimum Gasteiger partial charge on any atom is -0.314 e. The third kappa shape index (κ3) is 5.02.